The van der Waals surface area contributed by atoms with Crippen LogP contribution in [-0.2, 0) is 4.79 Å². The van der Waals surface area contributed by atoms with Crippen molar-refractivity contribution in [1.29, 1.82) is 0 Å². The van der Waals surface area contributed by atoms with Gasteiger partial charge in [0, 0.05) is 24.9 Å². The van der Waals surface area contributed by atoms with Crippen LogP contribution in [0.4, 0.5) is 5.69 Å². The molecule has 0 bridgehead atoms. The van der Waals surface area contributed by atoms with E-state index in [1.807, 2.05) is 0 Å². The molecule has 1 heterocycles. The number of nitrogens with zero attached hydrogens (tertiary/aromatic N) is 1. The Bertz CT molecular complexity index is 919. The number of hydrogen-bond acceptors (Lipinski definition) is 5. The first-order valence-corrected chi connectivity index (χ1v) is 12.2. The molecule has 6 nitrogen and oxygen atoms in total. The van der Waals surface area contributed by atoms with Crippen LogP contribution in [0, 0.1) is 0 Å². The quantitative estimate of drug-likeness (QED) is 0.439. The molecule has 2 aromatic carbocycles. The second-order valence-corrected chi connectivity index (χ2v) is 9.01. The third kappa shape index (κ3) is 7.51. The largest absolute Gasteiger partial charge is 0.493 e. The van der Waals surface area contributed by atoms with E-state index in [2.05, 4.69) is 10.2 Å². The molecule has 2 aromatic rings. The standard InChI is InChI=1S/C25H32Cl2N2O4/c1-32-23-10-8-19(17-24(23)33-15-13-29-11-3-2-4-12-29)28-25(31)20(6-5-14-30)18-7-9-21(26)22(27)16-18/h7-10,16-17,20,30H,2-6,11-15H2,1H3,(H,28,31). The van der Waals surface area contributed by atoms with E-state index in [-0.39, 0.29) is 12.5 Å². The molecule has 180 valence electrons. The van der Waals surface area contributed by atoms with Crippen LogP contribution in [0.5, 0.6) is 11.5 Å². The van der Waals surface area contributed by atoms with Gasteiger partial charge in [0.15, 0.2) is 11.5 Å². The zero-order chi connectivity index (χ0) is 23.6. The fourth-order valence-corrected chi connectivity index (χ4v) is 4.34. The Kier molecular flexibility index (Phi) is 10.1. The van der Waals surface area contributed by atoms with Crippen LogP contribution in [0.25, 0.3) is 0 Å². The third-order valence-corrected chi connectivity index (χ3v) is 6.60. The number of carbonyl (C=O) groups is 1. The highest BCUT2D eigenvalue weighted by atomic mass is 35.5. The minimum Gasteiger partial charge on any atom is -0.493 e. The van der Waals surface area contributed by atoms with Gasteiger partial charge in [-0.05, 0) is 68.6 Å². The van der Waals surface area contributed by atoms with E-state index in [1.54, 1.807) is 43.5 Å². The SMILES string of the molecule is COc1ccc(NC(=O)C(CCCO)c2ccc(Cl)c(Cl)c2)cc1OCCN1CCCCC1. The molecule has 0 saturated carbocycles. The first kappa shape index (κ1) is 25.6. The molecule has 0 radical (unpaired) electrons. The van der Waals surface area contributed by atoms with Crippen LogP contribution < -0.4 is 14.8 Å². The van der Waals surface area contributed by atoms with Gasteiger partial charge < -0.3 is 19.9 Å². The average Bonchev–Trinajstić information content (AvgIpc) is 2.82. The first-order chi connectivity index (χ1) is 16.0. The molecule has 1 aliphatic heterocycles. The number of likely N-dealkylation sites (tertiary alicyclic amines) is 1. The lowest BCUT2D eigenvalue weighted by Crippen LogP contribution is -2.33. The topological polar surface area (TPSA) is 71.0 Å². The molecule has 1 amide bonds. The van der Waals surface area contributed by atoms with Crippen molar-refractivity contribution in [3.8, 4) is 11.5 Å². The molecule has 2 N–H and O–H groups in total. The van der Waals surface area contributed by atoms with Crippen molar-refractivity contribution >= 4 is 34.8 Å². The van der Waals surface area contributed by atoms with Crippen molar-refractivity contribution < 1.29 is 19.4 Å². The molecule has 1 atom stereocenters. The van der Waals surface area contributed by atoms with Crippen molar-refractivity contribution in [2.75, 3.05) is 45.3 Å². The Morgan fingerprint density at radius 1 is 1.09 bits per heavy atom. The van der Waals surface area contributed by atoms with Gasteiger partial charge in [-0.25, -0.2) is 0 Å². The van der Waals surface area contributed by atoms with E-state index in [0.29, 0.717) is 46.7 Å². The maximum atomic E-state index is 13.2. The van der Waals surface area contributed by atoms with Gasteiger partial charge in [0.05, 0.1) is 23.1 Å². The van der Waals surface area contributed by atoms with Crippen LogP contribution in [0.1, 0.15) is 43.6 Å². The molecule has 1 fully saturated rings. The maximum Gasteiger partial charge on any atom is 0.231 e. The van der Waals surface area contributed by atoms with Crippen molar-refractivity contribution in [3.63, 3.8) is 0 Å². The highest BCUT2D eigenvalue weighted by molar-refractivity contribution is 6.42. The number of aliphatic hydroxyl groups is 1. The number of nitrogens with one attached hydrogen (secondary N) is 1. The Hall–Kier alpha value is -1.99. The number of hydrogen-bond donors (Lipinski definition) is 2. The Morgan fingerprint density at radius 3 is 2.58 bits per heavy atom. The molecule has 8 heteroatoms. The average molecular weight is 495 g/mol. The molecule has 0 aromatic heterocycles. The highest BCUT2D eigenvalue weighted by Gasteiger charge is 2.22. The number of rotatable bonds is 11. The van der Waals surface area contributed by atoms with Crippen molar-refractivity contribution in [2.45, 2.75) is 38.0 Å². The first-order valence-electron chi connectivity index (χ1n) is 11.4. The number of halogens is 2. The summed E-state index contributed by atoms with van der Waals surface area (Å²) in [5.41, 5.74) is 1.37. The van der Waals surface area contributed by atoms with Gasteiger partial charge in [0.25, 0.3) is 0 Å². The minimum absolute atomic E-state index is 0.00262. The fourth-order valence-electron chi connectivity index (χ4n) is 4.04. The molecular formula is C25H32Cl2N2O4. The second-order valence-electron chi connectivity index (χ2n) is 8.20. The summed E-state index contributed by atoms with van der Waals surface area (Å²) >= 11 is 12.2. The molecule has 1 aliphatic rings. The number of aliphatic hydroxyl groups excluding tert-OH is 1. The molecule has 3 rings (SSSR count). The maximum absolute atomic E-state index is 13.2. The number of benzene rings is 2. The Labute approximate surface area is 205 Å². The van der Waals surface area contributed by atoms with Gasteiger partial charge in [-0.3, -0.25) is 9.69 Å². The number of amides is 1. The highest BCUT2D eigenvalue weighted by Crippen LogP contribution is 2.33. The number of piperidine rings is 1. The van der Waals surface area contributed by atoms with Gasteiger partial charge in [0.1, 0.15) is 6.61 Å². The summed E-state index contributed by atoms with van der Waals surface area (Å²) in [6.07, 6.45) is 4.75. The summed E-state index contributed by atoms with van der Waals surface area (Å²) in [5.74, 6) is 0.547. The van der Waals surface area contributed by atoms with E-state index in [9.17, 15) is 9.90 Å². The van der Waals surface area contributed by atoms with Gasteiger partial charge >= 0.3 is 0 Å². The number of anilines is 1. The Balaban J connectivity index is 1.69. The van der Waals surface area contributed by atoms with Crippen molar-refractivity contribution in [1.82, 2.24) is 4.90 Å². The lowest BCUT2D eigenvalue weighted by atomic mass is 9.93. The van der Waals surface area contributed by atoms with Gasteiger partial charge in [-0.15, -0.1) is 0 Å². The zero-order valence-corrected chi connectivity index (χ0v) is 20.5. The fraction of sp³-hybridized carbons (Fsp3) is 0.480. The normalized spacial score (nSPS) is 15.2. The lowest BCUT2D eigenvalue weighted by Gasteiger charge is -2.26. The molecule has 33 heavy (non-hydrogen) atoms. The van der Waals surface area contributed by atoms with Gasteiger partial charge in [-0.2, -0.15) is 0 Å². The van der Waals surface area contributed by atoms with E-state index < -0.39 is 5.92 Å². The van der Waals surface area contributed by atoms with Crippen LogP contribution >= 0.6 is 23.2 Å². The van der Waals surface area contributed by atoms with Crippen LogP contribution in [-0.4, -0.2) is 55.9 Å². The van der Waals surface area contributed by atoms with Crippen LogP contribution in [0.2, 0.25) is 10.0 Å². The minimum atomic E-state index is -0.475. The summed E-state index contributed by atoms with van der Waals surface area (Å²) < 4.78 is 11.4. The molecule has 0 spiro atoms. The predicted octanol–water partition coefficient (Wildman–Crippen LogP) is 5.36. The summed E-state index contributed by atoms with van der Waals surface area (Å²) in [6.45, 7) is 3.64. The summed E-state index contributed by atoms with van der Waals surface area (Å²) in [7, 11) is 1.60. The van der Waals surface area contributed by atoms with Crippen molar-refractivity contribution in [2.24, 2.45) is 0 Å². The number of methoxy groups -OCH3 is 1. The van der Waals surface area contributed by atoms with Gasteiger partial charge in [-0.1, -0.05) is 35.7 Å². The van der Waals surface area contributed by atoms with Crippen LogP contribution in [0.15, 0.2) is 36.4 Å². The van der Waals surface area contributed by atoms with E-state index in [0.717, 1.165) is 25.2 Å². The second kappa shape index (κ2) is 13.0. The summed E-state index contributed by atoms with van der Waals surface area (Å²) in [6, 6.07) is 10.5. The van der Waals surface area contributed by atoms with E-state index in [1.165, 1.54) is 19.3 Å². The molecule has 1 saturated heterocycles. The van der Waals surface area contributed by atoms with Crippen LogP contribution in [0.3, 0.4) is 0 Å². The summed E-state index contributed by atoms with van der Waals surface area (Å²) in [4.78, 5) is 15.6. The molecule has 1 unspecified atom stereocenters. The number of carbonyl (C=O) groups excluding carboxylic acids is 1. The Morgan fingerprint density at radius 2 is 1.88 bits per heavy atom. The molecule has 0 aliphatic carbocycles. The monoisotopic (exact) mass is 494 g/mol. The third-order valence-electron chi connectivity index (χ3n) is 5.86. The molecular weight excluding hydrogens is 463 g/mol. The predicted molar refractivity (Wildman–Crippen MR) is 133 cm³/mol. The summed E-state index contributed by atoms with van der Waals surface area (Å²) in [5, 5.41) is 13.1. The lowest BCUT2D eigenvalue weighted by molar-refractivity contribution is -0.117. The van der Waals surface area contributed by atoms with Gasteiger partial charge in [0.2, 0.25) is 5.91 Å². The zero-order valence-electron chi connectivity index (χ0n) is 19.0. The van der Waals surface area contributed by atoms with E-state index in [4.69, 9.17) is 32.7 Å². The number of ether oxygens (including phenoxy) is 2. The van der Waals surface area contributed by atoms with Crippen molar-refractivity contribution in [3.05, 3.63) is 52.0 Å². The smallest absolute Gasteiger partial charge is 0.231 e. The van der Waals surface area contributed by atoms with E-state index >= 15 is 0 Å².